The summed E-state index contributed by atoms with van der Waals surface area (Å²) >= 11 is 0. The Morgan fingerprint density at radius 1 is 1.57 bits per heavy atom. The zero-order valence-electron chi connectivity index (χ0n) is 7.51. The number of rotatable bonds is 3. The van der Waals surface area contributed by atoms with Crippen LogP contribution in [0.1, 0.15) is 11.6 Å². The van der Waals surface area contributed by atoms with E-state index in [4.69, 9.17) is 11.5 Å². The van der Waals surface area contributed by atoms with E-state index in [9.17, 15) is 10.1 Å². The number of nitro groups is 1. The van der Waals surface area contributed by atoms with Crippen LogP contribution in [-0.2, 0) is 0 Å². The molecule has 0 unspecified atom stereocenters. The van der Waals surface area contributed by atoms with Crippen LogP contribution < -0.4 is 11.5 Å². The molecule has 0 bridgehead atoms. The van der Waals surface area contributed by atoms with Gasteiger partial charge in [-0.1, -0.05) is 6.08 Å². The molecule has 0 amide bonds. The van der Waals surface area contributed by atoms with E-state index in [1.54, 1.807) is 6.07 Å². The number of nitro benzene ring substituents is 1. The molecule has 0 aromatic heterocycles. The molecule has 0 aliphatic heterocycles. The Balaban J connectivity index is 3.13. The van der Waals surface area contributed by atoms with Crippen molar-refractivity contribution in [3.63, 3.8) is 0 Å². The van der Waals surface area contributed by atoms with Gasteiger partial charge >= 0.3 is 0 Å². The van der Waals surface area contributed by atoms with Crippen LogP contribution in [0, 0.1) is 10.1 Å². The van der Waals surface area contributed by atoms with Gasteiger partial charge in [-0.2, -0.15) is 0 Å². The summed E-state index contributed by atoms with van der Waals surface area (Å²) in [5, 5.41) is 10.4. The van der Waals surface area contributed by atoms with E-state index in [1.165, 1.54) is 18.2 Å². The molecule has 1 aromatic rings. The highest BCUT2D eigenvalue weighted by Crippen LogP contribution is 2.24. The molecule has 1 atom stereocenters. The fourth-order valence-corrected chi connectivity index (χ4v) is 1.11. The molecule has 4 N–H and O–H groups in total. The second-order valence-corrected chi connectivity index (χ2v) is 2.83. The number of nitrogens with two attached hydrogens (primary N) is 2. The van der Waals surface area contributed by atoms with Crippen LogP contribution in [0.2, 0.25) is 0 Å². The van der Waals surface area contributed by atoms with Crippen molar-refractivity contribution in [2.24, 2.45) is 5.73 Å². The van der Waals surface area contributed by atoms with Crippen molar-refractivity contribution in [2.75, 3.05) is 5.73 Å². The third-order valence-electron chi connectivity index (χ3n) is 1.89. The molecule has 0 heterocycles. The Morgan fingerprint density at radius 2 is 2.21 bits per heavy atom. The van der Waals surface area contributed by atoms with Crippen LogP contribution in [0.5, 0.6) is 0 Å². The third kappa shape index (κ3) is 1.89. The molecule has 0 aliphatic rings. The molecule has 0 fully saturated rings. The van der Waals surface area contributed by atoms with Gasteiger partial charge in [0, 0.05) is 23.9 Å². The monoisotopic (exact) mass is 193 g/mol. The highest BCUT2D eigenvalue weighted by atomic mass is 16.6. The molecule has 0 spiro atoms. The highest BCUT2D eigenvalue weighted by Gasteiger charge is 2.11. The smallest absolute Gasteiger partial charge is 0.271 e. The van der Waals surface area contributed by atoms with Gasteiger partial charge in [-0.25, -0.2) is 0 Å². The van der Waals surface area contributed by atoms with Crippen LogP contribution in [0.3, 0.4) is 0 Å². The topological polar surface area (TPSA) is 95.2 Å². The van der Waals surface area contributed by atoms with Gasteiger partial charge in [-0.3, -0.25) is 10.1 Å². The summed E-state index contributed by atoms with van der Waals surface area (Å²) in [6.45, 7) is 3.52. The summed E-state index contributed by atoms with van der Waals surface area (Å²) < 4.78 is 0. The Hall–Kier alpha value is -1.88. The number of hydrogen-bond acceptors (Lipinski definition) is 4. The largest absolute Gasteiger partial charge is 0.398 e. The number of anilines is 1. The molecule has 0 radical (unpaired) electrons. The maximum atomic E-state index is 10.4. The van der Waals surface area contributed by atoms with E-state index in [1.807, 2.05) is 0 Å². The van der Waals surface area contributed by atoms with Gasteiger partial charge in [-0.05, 0) is 11.6 Å². The standard InChI is InChI=1S/C9H11N3O2/c1-2-8(10)7-4-3-6(12(13)14)5-9(7)11/h2-5,8H,1,10-11H2/t8-/m1/s1. The molecule has 1 rings (SSSR count). The van der Waals surface area contributed by atoms with E-state index in [2.05, 4.69) is 6.58 Å². The Labute approximate surface area is 81.2 Å². The average Bonchev–Trinajstić information content (AvgIpc) is 2.16. The minimum atomic E-state index is -0.500. The van der Waals surface area contributed by atoms with Crippen molar-refractivity contribution in [1.29, 1.82) is 0 Å². The Kier molecular flexibility index (Phi) is 2.83. The van der Waals surface area contributed by atoms with Gasteiger partial charge in [0.05, 0.1) is 4.92 Å². The second-order valence-electron chi connectivity index (χ2n) is 2.83. The van der Waals surface area contributed by atoms with Crippen LogP contribution in [0.15, 0.2) is 30.9 Å². The van der Waals surface area contributed by atoms with Crippen LogP contribution in [-0.4, -0.2) is 4.92 Å². The first kappa shape index (κ1) is 10.2. The van der Waals surface area contributed by atoms with Gasteiger partial charge in [0.15, 0.2) is 0 Å². The van der Waals surface area contributed by atoms with Crippen molar-refractivity contribution in [3.05, 3.63) is 46.5 Å². The molecule has 0 saturated heterocycles. The first-order chi connectivity index (χ1) is 6.56. The summed E-state index contributed by atoms with van der Waals surface area (Å²) in [6, 6.07) is 3.81. The lowest BCUT2D eigenvalue weighted by atomic mass is 10.1. The first-order valence-electron chi connectivity index (χ1n) is 3.98. The van der Waals surface area contributed by atoms with Crippen LogP contribution >= 0.6 is 0 Å². The van der Waals surface area contributed by atoms with E-state index >= 15 is 0 Å². The van der Waals surface area contributed by atoms with Gasteiger partial charge in [-0.15, -0.1) is 6.58 Å². The molecule has 74 valence electrons. The van der Waals surface area contributed by atoms with Crippen molar-refractivity contribution >= 4 is 11.4 Å². The second kappa shape index (κ2) is 3.89. The van der Waals surface area contributed by atoms with Gasteiger partial charge in [0.2, 0.25) is 0 Å². The number of benzene rings is 1. The van der Waals surface area contributed by atoms with E-state index in [0.29, 0.717) is 11.3 Å². The summed E-state index contributed by atoms with van der Waals surface area (Å²) in [4.78, 5) is 9.90. The summed E-state index contributed by atoms with van der Waals surface area (Å²) in [5.74, 6) is 0. The van der Waals surface area contributed by atoms with E-state index < -0.39 is 11.0 Å². The fraction of sp³-hybridized carbons (Fsp3) is 0.111. The molecular weight excluding hydrogens is 182 g/mol. The summed E-state index contributed by atoms with van der Waals surface area (Å²) in [5.41, 5.74) is 12.2. The summed E-state index contributed by atoms with van der Waals surface area (Å²) in [7, 11) is 0. The molecular formula is C9H11N3O2. The fourth-order valence-electron chi connectivity index (χ4n) is 1.11. The SMILES string of the molecule is C=C[C@@H](N)c1ccc([N+](=O)[O-])cc1N. The lowest BCUT2D eigenvalue weighted by Crippen LogP contribution is -2.09. The van der Waals surface area contributed by atoms with Crippen molar-refractivity contribution in [3.8, 4) is 0 Å². The molecule has 0 saturated carbocycles. The Bertz CT molecular complexity index is 376. The van der Waals surface area contributed by atoms with E-state index in [-0.39, 0.29) is 5.69 Å². The predicted octanol–water partition coefficient (Wildman–Crippen LogP) is 1.36. The lowest BCUT2D eigenvalue weighted by Gasteiger charge is -2.09. The molecule has 5 heteroatoms. The van der Waals surface area contributed by atoms with Crippen LogP contribution in [0.4, 0.5) is 11.4 Å². The minimum absolute atomic E-state index is 0.0393. The zero-order chi connectivity index (χ0) is 10.7. The Morgan fingerprint density at radius 3 is 2.64 bits per heavy atom. The van der Waals surface area contributed by atoms with Crippen molar-refractivity contribution < 1.29 is 4.92 Å². The normalized spacial score (nSPS) is 12.1. The van der Waals surface area contributed by atoms with Gasteiger partial charge < -0.3 is 11.5 Å². The molecule has 5 nitrogen and oxygen atoms in total. The third-order valence-corrected chi connectivity index (χ3v) is 1.89. The first-order valence-corrected chi connectivity index (χ1v) is 3.98. The number of hydrogen-bond donors (Lipinski definition) is 2. The summed E-state index contributed by atoms with van der Waals surface area (Å²) in [6.07, 6.45) is 1.53. The minimum Gasteiger partial charge on any atom is -0.398 e. The van der Waals surface area contributed by atoms with Crippen molar-refractivity contribution in [1.82, 2.24) is 0 Å². The van der Waals surface area contributed by atoms with E-state index in [0.717, 1.165) is 0 Å². The lowest BCUT2D eigenvalue weighted by molar-refractivity contribution is -0.384. The zero-order valence-corrected chi connectivity index (χ0v) is 7.51. The van der Waals surface area contributed by atoms with Crippen LogP contribution in [0.25, 0.3) is 0 Å². The average molecular weight is 193 g/mol. The number of non-ortho nitro benzene ring substituents is 1. The number of nitrogen functional groups attached to an aromatic ring is 1. The maximum absolute atomic E-state index is 10.4. The molecule has 14 heavy (non-hydrogen) atoms. The quantitative estimate of drug-likeness (QED) is 0.328. The number of nitrogens with zero attached hydrogens (tertiary/aromatic N) is 1. The highest BCUT2D eigenvalue weighted by molar-refractivity contribution is 5.55. The van der Waals surface area contributed by atoms with Gasteiger partial charge in [0.25, 0.3) is 5.69 Å². The molecule has 1 aromatic carbocycles. The predicted molar refractivity (Wildman–Crippen MR) is 54.6 cm³/mol. The van der Waals surface area contributed by atoms with Crippen molar-refractivity contribution in [2.45, 2.75) is 6.04 Å². The van der Waals surface area contributed by atoms with Gasteiger partial charge in [0.1, 0.15) is 0 Å². The maximum Gasteiger partial charge on any atom is 0.271 e. The molecule has 0 aliphatic carbocycles.